The topological polar surface area (TPSA) is 42.5 Å². The molecule has 0 amide bonds. The van der Waals surface area contributed by atoms with Crippen LogP contribution in [0.4, 0.5) is 0 Å². The van der Waals surface area contributed by atoms with Crippen LogP contribution in [0.3, 0.4) is 0 Å². The standard InChI is InChI=1S/C27H38N2O2/c1-22(2)28-18-16-24-8-12-26(13-9-24)30-20-6-5-7-21-31-27-14-10-25(11-15-27)17-19-29-23(3)4/h8-15,28-29H,1,3,5-7,16-21H2,2,4H3. The van der Waals surface area contributed by atoms with Crippen molar-refractivity contribution in [2.45, 2.75) is 46.0 Å². The summed E-state index contributed by atoms with van der Waals surface area (Å²) in [4.78, 5) is 0. The maximum atomic E-state index is 5.85. The van der Waals surface area contributed by atoms with Crippen molar-refractivity contribution >= 4 is 0 Å². The Bertz CT molecular complexity index is 714. The van der Waals surface area contributed by atoms with Gasteiger partial charge in [-0.25, -0.2) is 0 Å². The summed E-state index contributed by atoms with van der Waals surface area (Å²) < 4.78 is 11.7. The minimum absolute atomic E-state index is 0.740. The summed E-state index contributed by atoms with van der Waals surface area (Å²) in [5.74, 6) is 1.87. The highest BCUT2D eigenvalue weighted by molar-refractivity contribution is 5.28. The molecule has 31 heavy (non-hydrogen) atoms. The third kappa shape index (κ3) is 11.2. The maximum Gasteiger partial charge on any atom is 0.119 e. The normalized spacial score (nSPS) is 10.4. The zero-order valence-electron chi connectivity index (χ0n) is 19.2. The molecular formula is C27H38N2O2. The predicted molar refractivity (Wildman–Crippen MR) is 131 cm³/mol. The molecule has 2 N–H and O–H groups in total. The lowest BCUT2D eigenvalue weighted by Crippen LogP contribution is -2.13. The van der Waals surface area contributed by atoms with Gasteiger partial charge in [0.2, 0.25) is 0 Å². The molecule has 2 aromatic carbocycles. The van der Waals surface area contributed by atoms with Gasteiger partial charge in [-0.1, -0.05) is 37.4 Å². The van der Waals surface area contributed by atoms with E-state index < -0.39 is 0 Å². The van der Waals surface area contributed by atoms with Gasteiger partial charge in [0.25, 0.3) is 0 Å². The summed E-state index contributed by atoms with van der Waals surface area (Å²) >= 11 is 0. The molecule has 2 rings (SSSR count). The zero-order chi connectivity index (χ0) is 22.3. The van der Waals surface area contributed by atoms with Gasteiger partial charge >= 0.3 is 0 Å². The van der Waals surface area contributed by atoms with Crippen LogP contribution < -0.4 is 20.1 Å². The SMILES string of the molecule is C=C(C)NCCc1ccc(OCCCCCOc2ccc(CCNC(=C)C)cc2)cc1. The van der Waals surface area contributed by atoms with Crippen molar-refractivity contribution in [3.63, 3.8) is 0 Å². The smallest absolute Gasteiger partial charge is 0.119 e. The first-order chi connectivity index (χ1) is 15.0. The first kappa shape index (κ1) is 24.4. The third-order valence-corrected chi connectivity index (χ3v) is 4.85. The lowest BCUT2D eigenvalue weighted by atomic mass is 10.1. The van der Waals surface area contributed by atoms with E-state index in [0.717, 1.165) is 81.3 Å². The number of benzene rings is 2. The van der Waals surface area contributed by atoms with Gasteiger partial charge in [0.05, 0.1) is 13.2 Å². The van der Waals surface area contributed by atoms with Gasteiger partial charge < -0.3 is 20.1 Å². The highest BCUT2D eigenvalue weighted by Crippen LogP contribution is 2.15. The second kappa shape index (κ2) is 14.2. The molecule has 0 aliphatic heterocycles. The number of nitrogens with one attached hydrogen (secondary N) is 2. The van der Waals surface area contributed by atoms with Crippen LogP contribution in [0.15, 0.2) is 73.1 Å². The highest BCUT2D eigenvalue weighted by Gasteiger charge is 1.99. The first-order valence-electron chi connectivity index (χ1n) is 11.2. The van der Waals surface area contributed by atoms with Crippen molar-refractivity contribution in [2.75, 3.05) is 26.3 Å². The molecule has 0 aliphatic rings. The molecule has 0 spiro atoms. The van der Waals surface area contributed by atoms with Crippen molar-refractivity contribution in [3.8, 4) is 11.5 Å². The lowest BCUT2D eigenvalue weighted by molar-refractivity contribution is 0.279. The van der Waals surface area contributed by atoms with Gasteiger partial charge in [-0.2, -0.15) is 0 Å². The van der Waals surface area contributed by atoms with Crippen LogP contribution in [0.1, 0.15) is 44.2 Å². The van der Waals surface area contributed by atoms with E-state index in [1.807, 2.05) is 13.8 Å². The highest BCUT2D eigenvalue weighted by atomic mass is 16.5. The second-order valence-electron chi connectivity index (χ2n) is 7.96. The Balaban J connectivity index is 1.51. The van der Waals surface area contributed by atoms with E-state index in [0.29, 0.717) is 0 Å². The minimum Gasteiger partial charge on any atom is -0.494 e. The summed E-state index contributed by atoms with van der Waals surface area (Å²) in [5.41, 5.74) is 4.61. The Morgan fingerprint density at radius 1 is 0.645 bits per heavy atom. The molecule has 0 aromatic heterocycles. The van der Waals surface area contributed by atoms with E-state index in [-0.39, 0.29) is 0 Å². The largest absolute Gasteiger partial charge is 0.494 e. The molecular weight excluding hydrogens is 384 g/mol. The van der Waals surface area contributed by atoms with Crippen molar-refractivity contribution in [1.29, 1.82) is 0 Å². The van der Waals surface area contributed by atoms with Gasteiger partial charge in [0.1, 0.15) is 11.5 Å². The zero-order valence-corrected chi connectivity index (χ0v) is 19.2. The molecule has 0 aliphatic carbocycles. The van der Waals surface area contributed by atoms with Crippen molar-refractivity contribution in [1.82, 2.24) is 10.6 Å². The number of ether oxygens (including phenoxy) is 2. The van der Waals surface area contributed by atoms with E-state index in [4.69, 9.17) is 9.47 Å². The fourth-order valence-corrected chi connectivity index (χ4v) is 3.11. The van der Waals surface area contributed by atoms with Gasteiger partial charge in [-0.15, -0.1) is 0 Å². The van der Waals surface area contributed by atoms with Crippen molar-refractivity contribution in [2.24, 2.45) is 0 Å². The summed E-state index contributed by atoms with van der Waals surface area (Å²) in [6.07, 6.45) is 5.13. The first-order valence-corrected chi connectivity index (χ1v) is 11.2. The average Bonchev–Trinajstić information content (AvgIpc) is 2.74. The minimum atomic E-state index is 0.740. The van der Waals surface area contributed by atoms with Crippen molar-refractivity contribution in [3.05, 3.63) is 84.2 Å². The molecule has 0 atom stereocenters. The molecule has 168 valence electrons. The number of allylic oxidation sites excluding steroid dienone is 2. The van der Waals surface area contributed by atoms with Crippen LogP contribution in [0.2, 0.25) is 0 Å². The lowest BCUT2D eigenvalue weighted by Gasteiger charge is -2.09. The molecule has 4 nitrogen and oxygen atoms in total. The molecule has 0 radical (unpaired) electrons. The summed E-state index contributed by atoms with van der Waals surface area (Å²) in [7, 11) is 0. The fourth-order valence-electron chi connectivity index (χ4n) is 3.11. The Kier molecular flexibility index (Phi) is 11.2. The summed E-state index contributed by atoms with van der Waals surface area (Å²) in [5, 5.41) is 6.50. The molecule has 0 bridgehead atoms. The van der Waals surface area contributed by atoms with E-state index in [2.05, 4.69) is 72.3 Å². The van der Waals surface area contributed by atoms with Crippen LogP contribution in [-0.2, 0) is 12.8 Å². The molecule has 0 unspecified atom stereocenters. The molecule has 0 saturated heterocycles. The van der Waals surface area contributed by atoms with Gasteiger partial charge in [0, 0.05) is 24.5 Å². The van der Waals surface area contributed by atoms with Crippen molar-refractivity contribution < 1.29 is 9.47 Å². The molecule has 4 heteroatoms. The summed E-state index contributed by atoms with van der Waals surface area (Å²) in [6, 6.07) is 16.7. The van der Waals surface area contributed by atoms with E-state index in [9.17, 15) is 0 Å². The van der Waals surface area contributed by atoms with E-state index in [1.54, 1.807) is 0 Å². The Morgan fingerprint density at radius 2 is 1.03 bits per heavy atom. The Morgan fingerprint density at radius 3 is 1.39 bits per heavy atom. The van der Waals surface area contributed by atoms with Crippen LogP contribution in [0.5, 0.6) is 11.5 Å². The number of rotatable bonds is 16. The number of unbranched alkanes of at least 4 members (excludes halogenated alkanes) is 2. The van der Waals surface area contributed by atoms with Gasteiger partial charge in [-0.3, -0.25) is 0 Å². The van der Waals surface area contributed by atoms with Gasteiger partial charge in [0.15, 0.2) is 0 Å². The second-order valence-corrected chi connectivity index (χ2v) is 7.96. The predicted octanol–water partition coefficient (Wildman–Crippen LogP) is 5.65. The van der Waals surface area contributed by atoms with Crippen LogP contribution >= 0.6 is 0 Å². The summed E-state index contributed by atoms with van der Waals surface area (Å²) in [6.45, 7) is 15.0. The molecule has 0 saturated carbocycles. The Labute approximate surface area is 188 Å². The third-order valence-electron chi connectivity index (χ3n) is 4.85. The maximum absolute atomic E-state index is 5.85. The molecule has 0 heterocycles. The Hall–Kier alpha value is -2.88. The number of hydrogen-bond acceptors (Lipinski definition) is 4. The molecule has 0 fully saturated rings. The van der Waals surface area contributed by atoms with Gasteiger partial charge in [-0.05, 0) is 81.3 Å². The number of hydrogen-bond donors (Lipinski definition) is 2. The van der Waals surface area contributed by atoms with Crippen LogP contribution in [-0.4, -0.2) is 26.3 Å². The quantitative estimate of drug-likeness (QED) is 0.343. The van der Waals surface area contributed by atoms with E-state index in [1.165, 1.54) is 11.1 Å². The monoisotopic (exact) mass is 422 g/mol. The fraction of sp³-hybridized carbons (Fsp3) is 0.407. The van der Waals surface area contributed by atoms with Crippen LogP contribution in [0, 0.1) is 0 Å². The molecule has 2 aromatic rings. The van der Waals surface area contributed by atoms with Crippen LogP contribution in [0.25, 0.3) is 0 Å². The van der Waals surface area contributed by atoms with E-state index >= 15 is 0 Å². The average molecular weight is 423 g/mol.